The number of unbranched alkanes of at least 4 members (excludes halogenated alkanes) is 1. The minimum Gasteiger partial charge on any atom is -0.0654 e. The molecule has 0 aromatic carbocycles. The molecule has 0 aliphatic carbocycles. The average Bonchev–Trinajstić information content (AvgIpc) is 1.37. The summed E-state index contributed by atoms with van der Waals surface area (Å²) in [5, 5.41) is 0. The Morgan fingerprint density at radius 3 is 1.20 bits per heavy atom. The smallest absolute Gasteiger partial charge is 0 e. The molecule has 0 spiro atoms. The van der Waals surface area contributed by atoms with Gasteiger partial charge in [-0.3, -0.25) is 0 Å². The third kappa shape index (κ3) is 12.5. The van der Waals surface area contributed by atoms with Gasteiger partial charge in [0.25, 0.3) is 0 Å². The van der Waals surface area contributed by atoms with Gasteiger partial charge in [0.2, 0.25) is 0 Å². The van der Waals surface area contributed by atoms with E-state index < -0.39 is 0 Å². The molecule has 0 saturated heterocycles. The van der Waals surface area contributed by atoms with E-state index in [1.807, 2.05) is 0 Å². The van der Waals surface area contributed by atoms with Crippen molar-refractivity contribution in [1.82, 2.24) is 0 Å². The van der Waals surface area contributed by atoms with Gasteiger partial charge in [-0.05, 0) is 0 Å². The molecule has 0 heterocycles. The first-order chi connectivity index (χ1) is 1.91. The van der Waals surface area contributed by atoms with Crippen molar-refractivity contribution in [3.8, 4) is 0 Å². The van der Waals surface area contributed by atoms with Gasteiger partial charge in [0.15, 0.2) is 0 Å². The molecule has 5 heavy (non-hydrogen) atoms. The molecule has 0 amide bonds. The molecule has 0 saturated carbocycles. The van der Waals surface area contributed by atoms with Gasteiger partial charge in [0, 0.05) is 16.8 Å². The summed E-state index contributed by atoms with van der Waals surface area (Å²) in [4.78, 5) is 0. The van der Waals surface area contributed by atoms with Gasteiger partial charge in [-0.1, -0.05) is 26.7 Å². The maximum absolute atomic E-state index is 2.18. The molecule has 0 aromatic rings. The van der Waals surface area contributed by atoms with Crippen LogP contribution in [0.4, 0.5) is 0 Å². The van der Waals surface area contributed by atoms with Crippen molar-refractivity contribution in [2.24, 2.45) is 0 Å². The van der Waals surface area contributed by atoms with Crippen LogP contribution in [0.3, 0.4) is 0 Å². The fraction of sp³-hybridized carbons (Fsp3) is 1.00. The van der Waals surface area contributed by atoms with E-state index in [2.05, 4.69) is 13.8 Å². The number of rotatable bonds is 1. The summed E-state index contributed by atoms with van der Waals surface area (Å²) < 4.78 is 0. The van der Waals surface area contributed by atoms with Crippen LogP contribution < -0.4 is 0 Å². The van der Waals surface area contributed by atoms with Crippen molar-refractivity contribution in [3.05, 3.63) is 0 Å². The quantitative estimate of drug-likeness (QED) is 0.491. The number of hydrogen-bond donors (Lipinski definition) is 0. The largest absolute Gasteiger partial charge is 0.0654 e. The van der Waals surface area contributed by atoms with E-state index >= 15 is 0 Å². The molecule has 0 fully saturated rings. The Kier molecular flexibility index (Phi) is 16.0. The topological polar surface area (TPSA) is 0 Å². The summed E-state index contributed by atoms with van der Waals surface area (Å²) in [7, 11) is 0. The Labute approximate surface area is 44.2 Å². The van der Waals surface area contributed by atoms with Crippen molar-refractivity contribution in [3.63, 3.8) is 0 Å². The van der Waals surface area contributed by atoms with Crippen molar-refractivity contribution >= 4 is 0 Å². The molecular formula is C4H10Co. The Morgan fingerprint density at radius 1 is 1.00 bits per heavy atom. The second-order valence-electron chi connectivity index (χ2n) is 1.000. The molecule has 0 aliphatic heterocycles. The third-order valence-corrected chi connectivity index (χ3v) is 0.500. The van der Waals surface area contributed by atoms with Crippen LogP contribution in [0.25, 0.3) is 0 Å². The fourth-order valence-corrected chi connectivity index (χ4v) is 0. The SMILES string of the molecule is CCCC.[Co]. The molecule has 0 aromatic heterocycles. The van der Waals surface area contributed by atoms with Gasteiger partial charge >= 0.3 is 0 Å². The second-order valence-corrected chi connectivity index (χ2v) is 1.000. The molecule has 0 unspecified atom stereocenters. The van der Waals surface area contributed by atoms with Crippen LogP contribution in [0.1, 0.15) is 26.7 Å². The maximum atomic E-state index is 2.18. The fourth-order valence-electron chi connectivity index (χ4n) is 0. The van der Waals surface area contributed by atoms with Crippen molar-refractivity contribution in [2.75, 3.05) is 0 Å². The Bertz CT molecular complexity index is 5.61. The molecule has 35 valence electrons. The standard InChI is InChI=1S/C4H10.Co/c1-3-4-2;/h3-4H2,1-2H3;. The molecule has 0 N–H and O–H groups in total. The van der Waals surface area contributed by atoms with Crippen molar-refractivity contribution in [2.45, 2.75) is 26.7 Å². The van der Waals surface area contributed by atoms with Gasteiger partial charge in [0.1, 0.15) is 0 Å². The molecule has 0 aliphatic rings. The van der Waals surface area contributed by atoms with Crippen LogP contribution in [-0.4, -0.2) is 0 Å². The minimum atomic E-state index is 0. The van der Waals surface area contributed by atoms with E-state index in [0.717, 1.165) is 0 Å². The summed E-state index contributed by atoms with van der Waals surface area (Å²) in [5.74, 6) is 0. The molecule has 0 nitrogen and oxygen atoms in total. The van der Waals surface area contributed by atoms with E-state index in [-0.39, 0.29) is 16.8 Å². The first kappa shape index (κ1) is 9.10. The summed E-state index contributed by atoms with van der Waals surface area (Å²) in [5.41, 5.74) is 0. The summed E-state index contributed by atoms with van der Waals surface area (Å²) in [6, 6.07) is 0. The van der Waals surface area contributed by atoms with Crippen LogP contribution >= 0.6 is 0 Å². The van der Waals surface area contributed by atoms with E-state index in [4.69, 9.17) is 0 Å². The third-order valence-electron chi connectivity index (χ3n) is 0.500. The molecule has 1 radical (unpaired) electrons. The van der Waals surface area contributed by atoms with Crippen LogP contribution in [0.15, 0.2) is 0 Å². The van der Waals surface area contributed by atoms with Gasteiger partial charge in [0.05, 0.1) is 0 Å². The molecular weight excluding hydrogens is 107 g/mol. The predicted octanol–water partition coefficient (Wildman–Crippen LogP) is 1.80. The van der Waals surface area contributed by atoms with E-state index in [9.17, 15) is 0 Å². The van der Waals surface area contributed by atoms with Crippen LogP contribution in [0.5, 0.6) is 0 Å². The first-order valence-corrected chi connectivity index (χ1v) is 1.91. The molecule has 1 heteroatoms. The maximum Gasteiger partial charge on any atom is 0 e. The van der Waals surface area contributed by atoms with Crippen LogP contribution in [0, 0.1) is 0 Å². The Hall–Kier alpha value is 0.506. The first-order valence-electron chi connectivity index (χ1n) is 1.91. The van der Waals surface area contributed by atoms with Gasteiger partial charge in [-0.25, -0.2) is 0 Å². The molecule has 0 atom stereocenters. The van der Waals surface area contributed by atoms with Gasteiger partial charge < -0.3 is 0 Å². The van der Waals surface area contributed by atoms with Crippen LogP contribution in [-0.2, 0) is 16.8 Å². The summed E-state index contributed by atoms with van der Waals surface area (Å²) in [6.07, 6.45) is 2.64. The number of hydrogen-bond acceptors (Lipinski definition) is 0. The average molecular weight is 117 g/mol. The van der Waals surface area contributed by atoms with Crippen molar-refractivity contribution in [1.29, 1.82) is 0 Å². The van der Waals surface area contributed by atoms with Gasteiger partial charge in [-0.15, -0.1) is 0 Å². The summed E-state index contributed by atoms with van der Waals surface area (Å²) >= 11 is 0. The zero-order chi connectivity index (χ0) is 3.41. The normalized spacial score (nSPS) is 6.00. The van der Waals surface area contributed by atoms with Crippen LogP contribution in [0.2, 0.25) is 0 Å². The monoisotopic (exact) mass is 117 g/mol. The Balaban J connectivity index is 0. The van der Waals surface area contributed by atoms with E-state index in [1.165, 1.54) is 12.8 Å². The van der Waals surface area contributed by atoms with E-state index in [1.54, 1.807) is 0 Å². The zero-order valence-electron chi connectivity index (χ0n) is 3.75. The molecule has 0 bridgehead atoms. The molecule has 0 rings (SSSR count). The van der Waals surface area contributed by atoms with Gasteiger partial charge in [-0.2, -0.15) is 0 Å². The van der Waals surface area contributed by atoms with Crippen molar-refractivity contribution < 1.29 is 16.8 Å². The van der Waals surface area contributed by atoms with E-state index in [0.29, 0.717) is 0 Å². The predicted molar refractivity (Wildman–Crippen MR) is 20.6 cm³/mol. The minimum absolute atomic E-state index is 0. The Morgan fingerprint density at radius 2 is 1.20 bits per heavy atom. The second kappa shape index (κ2) is 8.82. The summed E-state index contributed by atoms with van der Waals surface area (Å²) in [6.45, 7) is 4.36. The zero-order valence-corrected chi connectivity index (χ0v) is 4.79.